The van der Waals surface area contributed by atoms with Gasteiger partial charge in [-0.3, -0.25) is 4.90 Å². The number of morpholine rings is 1. The third-order valence-electron chi connectivity index (χ3n) is 4.74. The Bertz CT molecular complexity index is 443. The second-order valence-corrected chi connectivity index (χ2v) is 6.06. The molecule has 4 heteroatoms. The van der Waals surface area contributed by atoms with E-state index >= 15 is 0 Å². The predicted octanol–water partition coefficient (Wildman–Crippen LogP) is 1.81. The lowest BCUT2D eigenvalue weighted by molar-refractivity contribution is -0.0342. The molecule has 2 unspecified atom stereocenters. The first-order valence-corrected chi connectivity index (χ1v) is 8.00. The zero-order valence-corrected chi connectivity index (χ0v) is 12.8. The fourth-order valence-corrected chi connectivity index (χ4v) is 3.57. The van der Waals surface area contributed by atoms with E-state index in [1.165, 1.54) is 30.4 Å². The molecule has 0 spiro atoms. The van der Waals surface area contributed by atoms with Crippen LogP contribution in [0.1, 0.15) is 36.9 Å². The number of hydrogen-bond donors (Lipinski definition) is 1. The molecule has 2 heterocycles. The van der Waals surface area contributed by atoms with Crippen LogP contribution in [-0.2, 0) is 17.7 Å². The highest BCUT2D eigenvalue weighted by molar-refractivity contribution is 5.30. The fourth-order valence-electron chi connectivity index (χ4n) is 3.57. The Kier molecular flexibility index (Phi) is 4.44. The molecule has 0 saturated carbocycles. The van der Waals surface area contributed by atoms with Crippen LogP contribution in [0.3, 0.4) is 0 Å². The molecule has 1 aromatic heterocycles. The van der Waals surface area contributed by atoms with Crippen LogP contribution in [0, 0.1) is 0 Å². The van der Waals surface area contributed by atoms with Crippen LogP contribution in [-0.4, -0.2) is 48.9 Å². The molecular formula is C16H27N3O. The zero-order valence-electron chi connectivity index (χ0n) is 12.8. The number of nitrogens with one attached hydrogen (secondary N) is 1. The van der Waals surface area contributed by atoms with Gasteiger partial charge < -0.3 is 14.6 Å². The molecule has 2 atom stereocenters. The number of ether oxygens (including phenoxy) is 1. The van der Waals surface area contributed by atoms with Crippen LogP contribution in [0.5, 0.6) is 0 Å². The van der Waals surface area contributed by atoms with E-state index in [1.807, 2.05) is 0 Å². The van der Waals surface area contributed by atoms with Crippen LogP contribution >= 0.6 is 0 Å². The maximum absolute atomic E-state index is 5.92. The van der Waals surface area contributed by atoms with Gasteiger partial charge in [0, 0.05) is 38.1 Å². The van der Waals surface area contributed by atoms with Crippen LogP contribution in [0.25, 0.3) is 0 Å². The average molecular weight is 277 g/mol. The van der Waals surface area contributed by atoms with E-state index < -0.39 is 0 Å². The summed E-state index contributed by atoms with van der Waals surface area (Å²) in [6, 6.07) is 0.541. The van der Waals surface area contributed by atoms with Crippen LogP contribution in [0.4, 0.5) is 0 Å². The second-order valence-electron chi connectivity index (χ2n) is 6.06. The summed E-state index contributed by atoms with van der Waals surface area (Å²) >= 11 is 0. The summed E-state index contributed by atoms with van der Waals surface area (Å²) in [5, 5.41) is 3.44. The molecule has 0 aromatic carbocycles. The lowest BCUT2D eigenvalue weighted by atomic mass is 9.91. The van der Waals surface area contributed by atoms with Gasteiger partial charge in [0.05, 0.1) is 12.7 Å². The summed E-state index contributed by atoms with van der Waals surface area (Å²) in [7, 11) is 2.07. The summed E-state index contributed by atoms with van der Waals surface area (Å²) in [4.78, 5) is 2.48. The normalized spacial score (nSPS) is 27.5. The molecule has 20 heavy (non-hydrogen) atoms. The van der Waals surface area contributed by atoms with Crippen LogP contribution in [0.15, 0.2) is 12.4 Å². The molecule has 112 valence electrons. The summed E-state index contributed by atoms with van der Waals surface area (Å²) < 4.78 is 8.27. The first kappa shape index (κ1) is 14.1. The monoisotopic (exact) mass is 277 g/mol. The van der Waals surface area contributed by atoms with E-state index in [-0.39, 0.29) is 0 Å². The third-order valence-corrected chi connectivity index (χ3v) is 4.74. The van der Waals surface area contributed by atoms with E-state index in [0.29, 0.717) is 12.1 Å². The Labute approximate surface area is 122 Å². The van der Waals surface area contributed by atoms with Crippen LogP contribution < -0.4 is 5.32 Å². The summed E-state index contributed by atoms with van der Waals surface area (Å²) in [6.07, 6.45) is 8.80. The van der Waals surface area contributed by atoms with Gasteiger partial charge in [0.1, 0.15) is 0 Å². The van der Waals surface area contributed by atoms with Crippen molar-refractivity contribution in [3.63, 3.8) is 0 Å². The standard InChI is InChI=1S/C16H27N3O/c1-3-18-7-8-20-14(10-18)11-19-9-13-5-4-6-16(17-2)15(13)12-19/h9,12,14,16-17H,3-8,10-11H2,1-2H3. The Morgan fingerprint density at radius 2 is 2.30 bits per heavy atom. The van der Waals surface area contributed by atoms with Gasteiger partial charge in [0.25, 0.3) is 0 Å². The largest absolute Gasteiger partial charge is 0.374 e. The fraction of sp³-hybridized carbons (Fsp3) is 0.750. The lowest BCUT2D eigenvalue weighted by Crippen LogP contribution is -2.43. The van der Waals surface area contributed by atoms with Gasteiger partial charge in [0.15, 0.2) is 0 Å². The quantitative estimate of drug-likeness (QED) is 0.910. The maximum Gasteiger partial charge on any atom is 0.0880 e. The second kappa shape index (κ2) is 6.29. The molecule has 4 nitrogen and oxygen atoms in total. The van der Waals surface area contributed by atoms with E-state index in [0.717, 1.165) is 32.8 Å². The minimum absolute atomic E-state index is 0.339. The Morgan fingerprint density at radius 3 is 3.10 bits per heavy atom. The number of likely N-dealkylation sites (N-methyl/N-ethyl adjacent to an activating group) is 1. The third kappa shape index (κ3) is 2.92. The van der Waals surface area contributed by atoms with Gasteiger partial charge in [-0.1, -0.05) is 6.92 Å². The molecule has 1 fully saturated rings. The predicted molar refractivity (Wildman–Crippen MR) is 81.0 cm³/mol. The molecule has 1 aliphatic heterocycles. The van der Waals surface area contributed by atoms with Crippen molar-refractivity contribution in [1.82, 2.24) is 14.8 Å². The van der Waals surface area contributed by atoms with E-state index in [1.54, 1.807) is 0 Å². The van der Waals surface area contributed by atoms with Crippen molar-refractivity contribution in [2.75, 3.05) is 33.3 Å². The van der Waals surface area contributed by atoms with Crippen LogP contribution in [0.2, 0.25) is 0 Å². The van der Waals surface area contributed by atoms with Crippen molar-refractivity contribution in [3.8, 4) is 0 Å². The molecule has 1 N–H and O–H groups in total. The van der Waals surface area contributed by atoms with Crippen molar-refractivity contribution in [3.05, 3.63) is 23.5 Å². The van der Waals surface area contributed by atoms with E-state index in [4.69, 9.17) is 4.74 Å². The van der Waals surface area contributed by atoms with Gasteiger partial charge in [-0.05, 0) is 44.0 Å². The highest BCUT2D eigenvalue weighted by Gasteiger charge is 2.23. The van der Waals surface area contributed by atoms with E-state index in [9.17, 15) is 0 Å². The number of nitrogens with zero attached hydrogens (tertiary/aromatic N) is 2. The number of aryl methyl sites for hydroxylation is 1. The lowest BCUT2D eigenvalue weighted by Gasteiger charge is -2.32. The van der Waals surface area contributed by atoms with Crippen molar-refractivity contribution in [1.29, 1.82) is 0 Å². The highest BCUT2D eigenvalue weighted by Crippen LogP contribution is 2.30. The summed E-state index contributed by atoms with van der Waals surface area (Å²) in [5.74, 6) is 0. The summed E-state index contributed by atoms with van der Waals surface area (Å²) in [6.45, 7) is 7.36. The number of rotatable bonds is 4. The minimum atomic E-state index is 0.339. The van der Waals surface area contributed by atoms with E-state index in [2.05, 4.69) is 41.1 Å². The van der Waals surface area contributed by atoms with Gasteiger partial charge in [0.2, 0.25) is 0 Å². The SMILES string of the molecule is CCN1CCOC(Cn2cc3c(c2)C(NC)CCC3)C1. The maximum atomic E-state index is 5.92. The first-order chi connectivity index (χ1) is 9.80. The average Bonchev–Trinajstić information content (AvgIpc) is 2.89. The Morgan fingerprint density at radius 1 is 1.40 bits per heavy atom. The van der Waals surface area contributed by atoms with Gasteiger partial charge in [-0.2, -0.15) is 0 Å². The van der Waals surface area contributed by atoms with Gasteiger partial charge in [-0.25, -0.2) is 0 Å². The topological polar surface area (TPSA) is 29.4 Å². The summed E-state index contributed by atoms with van der Waals surface area (Å²) in [5.41, 5.74) is 3.03. The Balaban J connectivity index is 1.67. The molecule has 0 amide bonds. The van der Waals surface area contributed by atoms with Gasteiger partial charge in [-0.15, -0.1) is 0 Å². The molecule has 1 saturated heterocycles. The zero-order chi connectivity index (χ0) is 13.9. The minimum Gasteiger partial charge on any atom is -0.374 e. The molecule has 0 bridgehead atoms. The first-order valence-electron chi connectivity index (χ1n) is 8.00. The number of aromatic nitrogens is 1. The smallest absolute Gasteiger partial charge is 0.0880 e. The Hall–Kier alpha value is -0.840. The number of hydrogen-bond acceptors (Lipinski definition) is 3. The van der Waals surface area contributed by atoms with Crippen molar-refractivity contribution < 1.29 is 4.74 Å². The molecule has 1 aliphatic carbocycles. The van der Waals surface area contributed by atoms with Gasteiger partial charge >= 0.3 is 0 Å². The molecule has 2 aliphatic rings. The number of fused-ring (bicyclic) bond motifs is 1. The molecular weight excluding hydrogens is 250 g/mol. The van der Waals surface area contributed by atoms with Crippen molar-refractivity contribution in [2.24, 2.45) is 0 Å². The highest BCUT2D eigenvalue weighted by atomic mass is 16.5. The molecule has 1 aromatic rings. The molecule has 0 radical (unpaired) electrons. The van der Waals surface area contributed by atoms with Crippen molar-refractivity contribution >= 4 is 0 Å². The van der Waals surface area contributed by atoms with Crippen molar-refractivity contribution in [2.45, 2.75) is 44.9 Å². The molecule has 3 rings (SSSR count).